The van der Waals surface area contributed by atoms with Gasteiger partial charge in [0, 0.05) is 43.3 Å². The van der Waals surface area contributed by atoms with Crippen molar-refractivity contribution < 1.29 is 4.79 Å². The molecule has 1 aromatic rings. The molecule has 24 heavy (non-hydrogen) atoms. The molecule has 0 radical (unpaired) electrons. The summed E-state index contributed by atoms with van der Waals surface area (Å²) in [7, 11) is 0. The van der Waals surface area contributed by atoms with E-state index in [9.17, 15) is 4.79 Å². The Kier molecular flexibility index (Phi) is 6.93. The minimum atomic E-state index is 0. The van der Waals surface area contributed by atoms with Gasteiger partial charge in [0.15, 0.2) is 0 Å². The highest BCUT2D eigenvalue weighted by atomic mass is 35.5. The van der Waals surface area contributed by atoms with Gasteiger partial charge >= 0.3 is 0 Å². The summed E-state index contributed by atoms with van der Waals surface area (Å²) in [6.45, 7) is 9.40. The number of benzene rings is 1. The lowest BCUT2D eigenvalue weighted by atomic mass is 9.89. The highest BCUT2D eigenvalue weighted by molar-refractivity contribution is 6.30. The predicted molar refractivity (Wildman–Crippen MR) is 101 cm³/mol. The molecule has 1 atom stereocenters. The molecule has 134 valence electrons. The van der Waals surface area contributed by atoms with Crippen molar-refractivity contribution in [3.05, 3.63) is 34.9 Å². The van der Waals surface area contributed by atoms with Crippen molar-refractivity contribution >= 4 is 29.9 Å². The quantitative estimate of drug-likeness (QED) is 0.886. The highest BCUT2D eigenvalue weighted by Crippen LogP contribution is 2.26. The molecule has 1 unspecified atom stereocenters. The molecule has 2 heterocycles. The minimum absolute atomic E-state index is 0. The second-order valence-corrected chi connectivity index (χ2v) is 7.61. The van der Waals surface area contributed by atoms with Crippen molar-refractivity contribution in [1.82, 2.24) is 15.1 Å². The molecule has 2 saturated heterocycles. The molecule has 0 spiro atoms. The predicted octanol–water partition coefficient (Wildman–Crippen LogP) is 2.91. The van der Waals surface area contributed by atoms with Crippen molar-refractivity contribution in [3.8, 4) is 0 Å². The van der Waals surface area contributed by atoms with Gasteiger partial charge in [-0.2, -0.15) is 0 Å². The van der Waals surface area contributed by atoms with E-state index in [4.69, 9.17) is 11.6 Å². The largest absolute Gasteiger partial charge is 0.337 e. The Labute approximate surface area is 155 Å². The zero-order chi connectivity index (χ0) is 16.3. The molecule has 0 saturated carbocycles. The lowest BCUT2D eigenvalue weighted by Gasteiger charge is -2.31. The van der Waals surface area contributed by atoms with Crippen LogP contribution in [0.1, 0.15) is 30.1 Å². The Morgan fingerprint density at radius 1 is 1.29 bits per heavy atom. The van der Waals surface area contributed by atoms with Crippen LogP contribution >= 0.6 is 24.0 Å². The van der Waals surface area contributed by atoms with Gasteiger partial charge in [-0.1, -0.05) is 24.6 Å². The zero-order valence-electron chi connectivity index (χ0n) is 14.3. The first-order chi connectivity index (χ1) is 11.1. The molecule has 2 fully saturated rings. The smallest absolute Gasteiger partial charge is 0.253 e. The fourth-order valence-corrected chi connectivity index (χ4v) is 3.87. The number of nitrogens with one attached hydrogen (secondary N) is 1. The van der Waals surface area contributed by atoms with Gasteiger partial charge < -0.3 is 15.1 Å². The van der Waals surface area contributed by atoms with Crippen molar-refractivity contribution in [2.24, 2.45) is 5.41 Å². The van der Waals surface area contributed by atoms with E-state index in [-0.39, 0.29) is 18.3 Å². The van der Waals surface area contributed by atoms with Crippen molar-refractivity contribution in [3.63, 3.8) is 0 Å². The van der Waals surface area contributed by atoms with Crippen molar-refractivity contribution in [1.29, 1.82) is 0 Å². The normalized spacial score (nSPS) is 25.2. The van der Waals surface area contributed by atoms with Gasteiger partial charge in [0.2, 0.25) is 0 Å². The summed E-state index contributed by atoms with van der Waals surface area (Å²) in [5.41, 5.74) is 1.07. The van der Waals surface area contributed by atoms with Gasteiger partial charge in [0.1, 0.15) is 0 Å². The van der Waals surface area contributed by atoms with Gasteiger partial charge in [0.25, 0.3) is 5.91 Å². The topological polar surface area (TPSA) is 35.6 Å². The van der Waals surface area contributed by atoms with Gasteiger partial charge in [-0.05, 0) is 49.5 Å². The fraction of sp³-hybridized carbons (Fsp3) is 0.611. The van der Waals surface area contributed by atoms with Crippen LogP contribution in [0.4, 0.5) is 0 Å². The second-order valence-electron chi connectivity index (χ2n) is 7.17. The van der Waals surface area contributed by atoms with Gasteiger partial charge in [-0.3, -0.25) is 4.79 Å². The van der Waals surface area contributed by atoms with E-state index in [1.807, 2.05) is 17.0 Å². The SMILES string of the molecule is CC1(CN2CCCN(C(=O)c3cccc(Cl)c3)CC2)CCNC1.Cl. The lowest BCUT2D eigenvalue weighted by Crippen LogP contribution is -2.40. The van der Waals surface area contributed by atoms with Crippen LogP contribution in [-0.2, 0) is 0 Å². The van der Waals surface area contributed by atoms with Crippen molar-refractivity contribution in [2.75, 3.05) is 45.8 Å². The molecule has 1 N–H and O–H groups in total. The van der Waals surface area contributed by atoms with Crippen LogP contribution in [0.25, 0.3) is 0 Å². The van der Waals surface area contributed by atoms with E-state index in [1.54, 1.807) is 12.1 Å². The average molecular weight is 372 g/mol. The average Bonchev–Trinajstić information content (AvgIpc) is 2.82. The van der Waals surface area contributed by atoms with Gasteiger partial charge in [-0.15, -0.1) is 12.4 Å². The molecule has 1 aromatic carbocycles. The first-order valence-electron chi connectivity index (χ1n) is 8.54. The van der Waals surface area contributed by atoms with E-state index in [0.29, 0.717) is 16.0 Å². The zero-order valence-corrected chi connectivity index (χ0v) is 15.8. The van der Waals surface area contributed by atoms with Gasteiger partial charge in [-0.25, -0.2) is 0 Å². The Bertz CT molecular complexity index is 561. The van der Waals surface area contributed by atoms with E-state index in [0.717, 1.165) is 52.2 Å². The number of nitrogens with zero attached hydrogens (tertiary/aromatic N) is 2. The summed E-state index contributed by atoms with van der Waals surface area (Å²) >= 11 is 6.01. The van der Waals surface area contributed by atoms with Crippen molar-refractivity contribution in [2.45, 2.75) is 19.8 Å². The summed E-state index contributed by atoms with van der Waals surface area (Å²) in [6.07, 6.45) is 2.28. The summed E-state index contributed by atoms with van der Waals surface area (Å²) in [5, 5.41) is 4.09. The standard InChI is InChI=1S/C18H26ClN3O.ClH/c1-18(6-7-20-13-18)14-21-8-3-9-22(11-10-21)17(23)15-4-2-5-16(19)12-15;/h2,4-5,12,20H,3,6-11,13-14H2,1H3;1H. The maximum Gasteiger partial charge on any atom is 0.253 e. The third-order valence-electron chi connectivity index (χ3n) is 5.01. The Balaban J connectivity index is 0.00000208. The summed E-state index contributed by atoms with van der Waals surface area (Å²) < 4.78 is 0. The molecule has 3 rings (SSSR count). The number of rotatable bonds is 3. The molecular weight excluding hydrogens is 345 g/mol. The molecule has 0 bridgehead atoms. The Hall–Kier alpha value is -0.810. The maximum absolute atomic E-state index is 12.7. The fourth-order valence-electron chi connectivity index (χ4n) is 3.68. The summed E-state index contributed by atoms with van der Waals surface area (Å²) in [5.74, 6) is 0.100. The number of halogens is 2. The number of amides is 1. The number of hydrogen-bond acceptors (Lipinski definition) is 3. The van der Waals surface area contributed by atoms with Crippen LogP contribution < -0.4 is 5.32 Å². The first kappa shape index (κ1) is 19.5. The molecule has 1 amide bonds. The molecular formula is C18H27Cl2N3O. The van der Waals surface area contributed by atoms with Crippen LogP contribution in [0.5, 0.6) is 0 Å². The third-order valence-corrected chi connectivity index (χ3v) is 5.24. The molecule has 2 aliphatic heterocycles. The lowest BCUT2D eigenvalue weighted by molar-refractivity contribution is 0.0758. The first-order valence-corrected chi connectivity index (χ1v) is 8.91. The maximum atomic E-state index is 12.7. The van der Waals surface area contributed by atoms with Crippen LogP contribution in [0.2, 0.25) is 5.02 Å². The van der Waals surface area contributed by atoms with Crippen LogP contribution in [0.15, 0.2) is 24.3 Å². The second kappa shape index (κ2) is 8.52. The van der Waals surface area contributed by atoms with E-state index >= 15 is 0 Å². The van der Waals surface area contributed by atoms with Crippen LogP contribution in [0, 0.1) is 5.41 Å². The Morgan fingerprint density at radius 2 is 2.12 bits per heavy atom. The number of carbonyl (C=O) groups is 1. The van der Waals surface area contributed by atoms with Crippen LogP contribution in [-0.4, -0.2) is 61.5 Å². The number of carbonyl (C=O) groups excluding carboxylic acids is 1. The number of hydrogen-bond donors (Lipinski definition) is 1. The monoisotopic (exact) mass is 371 g/mol. The van der Waals surface area contributed by atoms with E-state index in [2.05, 4.69) is 17.1 Å². The molecule has 0 aromatic heterocycles. The Morgan fingerprint density at radius 3 is 2.83 bits per heavy atom. The highest BCUT2D eigenvalue weighted by Gasteiger charge is 2.31. The summed E-state index contributed by atoms with van der Waals surface area (Å²) in [6, 6.07) is 7.26. The van der Waals surface area contributed by atoms with E-state index < -0.39 is 0 Å². The van der Waals surface area contributed by atoms with E-state index in [1.165, 1.54) is 6.42 Å². The van der Waals surface area contributed by atoms with Gasteiger partial charge in [0.05, 0.1) is 0 Å². The van der Waals surface area contributed by atoms with Crippen LogP contribution in [0.3, 0.4) is 0 Å². The molecule has 6 heteroatoms. The molecule has 0 aliphatic carbocycles. The molecule has 2 aliphatic rings. The third kappa shape index (κ3) is 4.85. The molecule has 4 nitrogen and oxygen atoms in total. The summed E-state index contributed by atoms with van der Waals surface area (Å²) in [4.78, 5) is 17.2. The minimum Gasteiger partial charge on any atom is -0.337 e.